The van der Waals surface area contributed by atoms with Gasteiger partial charge in [-0.25, -0.2) is 0 Å². The summed E-state index contributed by atoms with van der Waals surface area (Å²) in [5, 5.41) is -1.85. The molecule has 34 heavy (non-hydrogen) atoms. The molecular weight excluding hydrogens is 552 g/mol. The second kappa shape index (κ2) is 9.57. The first-order chi connectivity index (χ1) is 14.0. The van der Waals surface area contributed by atoms with Gasteiger partial charge < -0.3 is 16.9 Å². The number of nitrogens with zero attached hydrogens (tertiary/aromatic N) is 2. The van der Waals surface area contributed by atoms with E-state index in [4.69, 9.17) is 0 Å². The lowest BCUT2D eigenvalue weighted by Crippen LogP contribution is -3.00. The molecule has 0 N–H and O–H groups in total. The Bertz CT molecular complexity index is 715. The molecule has 0 heterocycles. The van der Waals surface area contributed by atoms with E-state index in [0.717, 1.165) is 0 Å². The van der Waals surface area contributed by atoms with Crippen LogP contribution in [0.25, 0.3) is 0 Å². The van der Waals surface area contributed by atoms with E-state index >= 15 is 0 Å². The van der Waals surface area contributed by atoms with Crippen molar-refractivity contribution in [2.75, 3.05) is 34.2 Å². The lowest BCUT2D eigenvalue weighted by atomic mass is 9.91. The lowest BCUT2D eigenvalue weighted by molar-refractivity contribution is -0.870. The standard InChI is InChI=1S/C14H15F16N2O.ClH/c1-32(2,3)6-4-5-31(30)7(33)8(15,16)9(17,18)10(19,20)11(21,22)12(23,24)13(25,26)14(27,28)29;/h4-6H2,1-3H3;1H/q+1;/p-1. The quantitative estimate of drug-likeness (QED) is 0.226. The van der Waals surface area contributed by atoms with Gasteiger partial charge in [0.05, 0.1) is 34.2 Å². The molecule has 0 saturated carbocycles. The molecule has 20 heteroatoms. The highest BCUT2D eigenvalue weighted by Gasteiger charge is 2.94. The largest absolute Gasteiger partial charge is 1.00 e. The van der Waals surface area contributed by atoms with Crippen molar-refractivity contribution in [2.45, 2.75) is 48.1 Å². The first-order valence-corrected chi connectivity index (χ1v) is 8.16. The van der Waals surface area contributed by atoms with Crippen molar-refractivity contribution in [2.24, 2.45) is 0 Å². The fraction of sp³-hybridized carbons (Fsp3) is 0.929. The number of hydrogen-bond acceptors (Lipinski definition) is 1. The monoisotopic (exact) mass is 566 g/mol. The molecule has 0 radical (unpaired) electrons. The van der Waals surface area contributed by atoms with Crippen LogP contribution in [0.15, 0.2) is 0 Å². The Labute approximate surface area is 186 Å². The summed E-state index contributed by atoms with van der Waals surface area (Å²) in [6, 6.07) is 0. The van der Waals surface area contributed by atoms with Gasteiger partial charge in [-0.3, -0.25) is 4.79 Å². The molecule has 3 nitrogen and oxygen atoms in total. The maximum Gasteiger partial charge on any atom is 0.460 e. The summed E-state index contributed by atoms with van der Waals surface area (Å²) in [4.78, 5) is 11.2. The van der Waals surface area contributed by atoms with Crippen LogP contribution in [0.3, 0.4) is 0 Å². The number of rotatable bonds is 10. The van der Waals surface area contributed by atoms with Crippen molar-refractivity contribution >= 4 is 5.91 Å². The summed E-state index contributed by atoms with van der Waals surface area (Å²) < 4.78 is 209. The van der Waals surface area contributed by atoms with Crippen LogP contribution in [0.2, 0.25) is 0 Å². The molecule has 206 valence electrons. The van der Waals surface area contributed by atoms with Crippen LogP contribution < -0.4 is 12.4 Å². The van der Waals surface area contributed by atoms with Gasteiger partial charge in [-0.15, -0.1) is 0 Å². The van der Waals surface area contributed by atoms with Crippen LogP contribution in [0, 0.1) is 0 Å². The van der Waals surface area contributed by atoms with E-state index < -0.39 is 65.7 Å². The van der Waals surface area contributed by atoms with E-state index in [1.165, 1.54) is 21.1 Å². The van der Waals surface area contributed by atoms with Crippen LogP contribution in [0.5, 0.6) is 0 Å². The minimum absolute atomic E-state index is 0. The van der Waals surface area contributed by atoms with E-state index in [1.54, 1.807) is 0 Å². The number of alkyl halides is 15. The average molecular weight is 567 g/mol. The molecule has 0 aliphatic rings. The van der Waals surface area contributed by atoms with Crippen molar-refractivity contribution in [3.8, 4) is 0 Å². The van der Waals surface area contributed by atoms with E-state index in [2.05, 4.69) is 0 Å². The van der Waals surface area contributed by atoms with E-state index in [9.17, 15) is 75.1 Å². The van der Waals surface area contributed by atoms with Gasteiger partial charge in [0, 0.05) is 6.42 Å². The normalized spacial score (nSPS) is 15.1. The molecule has 0 aromatic heterocycles. The van der Waals surface area contributed by atoms with Gasteiger partial charge in [0.1, 0.15) is 0 Å². The van der Waals surface area contributed by atoms with Crippen LogP contribution >= 0.6 is 0 Å². The van der Waals surface area contributed by atoms with Crippen LogP contribution in [0.1, 0.15) is 6.42 Å². The Hall–Kier alpha value is -1.40. The van der Waals surface area contributed by atoms with Crippen LogP contribution in [0.4, 0.5) is 70.3 Å². The third-order valence-electron chi connectivity index (χ3n) is 4.00. The van der Waals surface area contributed by atoms with Crippen molar-refractivity contribution in [1.82, 2.24) is 5.12 Å². The van der Waals surface area contributed by atoms with Crippen LogP contribution in [-0.2, 0) is 4.79 Å². The highest BCUT2D eigenvalue weighted by molar-refractivity contribution is 5.84. The summed E-state index contributed by atoms with van der Waals surface area (Å²) >= 11 is 0. The second-order valence-electron chi connectivity index (χ2n) is 7.70. The molecule has 1 amide bonds. The van der Waals surface area contributed by atoms with Crippen molar-refractivity contribution in [3.63, 3.8) is 0 Å². The van der Waals surface area contributed by atoms with Gasteiger partial charge in [-0.05, 0) is 0 Å². The van der Waals surface area contributed by atoms with Crippen molar-refractivity contribution in [1.29, 1.82) is 0 Å². The molecular formula is C14H15ClF16N2O. The summed E-state index contributed by atoms with van der Waals surface area (Å²) in [6.07, 6.45) is -8.35. The predicted molar refractivity (Wildman–Crippen MR) is 76.1 cm³/mol. The SMILES string of the molecule is C[N+](C)(C)CCCN(F)C(=O)C(F)(F)C(F)(F)C(F)(F)C(F)(F)C(F)(F)C(F)(F)C(F)(F)F.[Cl-]. The summed E-state index contributed by atoms with van der Waals surface area (Å²) in [6.45, 7) is -1.69. The molecule has 0 atom stereocenters. The molecule has 0 aliphatic heterocycles. The second-order valence-corrected chi connectivity index (χ2v) is 7.70. The minimum atomic E-state index is -8.53. The lowest BCUT2D eigenvalue weighted by Gasteiger charge is -2.41. The Morgan fingerprint density at radius 3 is 1.29 bits per heavy atom. The Balaban J connectivity index is 0. The number of amides is 1. The van der Waals surface area contributed by atoms with Gasteiger partial charge in [-0.1, -0.05) is 4.48 Å². The number of hydrogen-bond donors (Lipinski definition) is 0. The first-order valence-electron chi connectivity index (χ1n) is 8.16. The number of carbonyl (C=O) groups excluding carboxylic acids is 1. The third kappa shape index (κ3) is 5.53. The predicted octanol–water partition coefficient (Wildman–Crippen LogP) is 2.17. The van der Waals surface area contributed by atoms with Crippen molar-refractivity contribution < 1.29 is 92.0 Å². The number of carbonyl (C=O) groups is 1. The zero-order valence-corrected chi connectivity index (χ0v) is 17.6. The maximum absolute atomic E-state index is 13.6. The summed E-state index contributed by atoms with van der Waals surface area (Å²) in [7, 11) is 4.27. The molecule has 0 rings (SSSR count). The molecule has 0 aliphatic carbocycles. The van der Waals surface area contributed by atoms with Gasteiger partial charge in [0.2, 0.25) is 0 Å². The maximum atomic E-state index is 13.6. The van der Waals surface area contributed by atoms with Crippen LogP contribution in [-0.4, -0.2) is 91.5 Å². The minimum Gasteiger partial charge on any atom is -1.00 e. The summed E-state index contributed by atoms with van der Waals surface area (Å²) in [5.74, 6) is -52.8. The molecule has 0 saturated heterocycles. The highest BCUT2D eigenvalue weighted by atomic mass is 35.5. The van der Waals surface area contributed by atoms with Crippen molar-refractivity contribution in [3.05, 3.63) is 0 Å². The number of quaternary nitrogens is 1. The van der Waals surface area contributed by atoms with E-state index in [1.807, 2.05) is 0 Å². The summed E-state index contributed by atoms with van der Waals surface area (Å²) in [5.41, 5.74) is 0. The average Bonchev–Trinajstić information content (AvgIpc) is 2.57. The Morgan fingerprint density at radius 1 is 0.647 bits per heavy atom. The molecule has 0 fully saturated rings. The zero-order chi connectivity index (χ0) is 27.3. The third-order valence-corrected chi connectivity index (χ3v) is 4.00. The topological polar surface area (TPSA) is 20.3 Å². The molecule has 0 unspecified atom stereocenters. The number of halogens is 17. The molecule has 0 bridgehead atoms. The van der Waals surface area contributed by atoms with E-state index in [0.29, 0.717) is 0 Å². The molecule has 0 spiro atoms. The fourth-order valence-electron chi connectivity index (χ4n) is 2.04. The van der Waals surface area contributed by atoms with Gasteiger partial charge in [0.25, 0.3) is 0 Å². The first kappa shape index (κ1) is 34.8. The molecule has 0 aromatic rings. The Kier molecular flexibility index (Phi) is 9.79. The van der Waals surface area contributed by atoms with E-state index in [-0.39, 0.29) is 23.4 Å². The zero-order valence-electron chi connectivity index (χ0n) is 16.8. The van der Waals surface area contributed by atoms with Gasteiger partial charge >= 0.3 is 47.6 Å². The van der Waals surface area contributed by atoms with Gasteiger partial charge in [-0.2, -0.15) is 71.0 Å². The van der Waals surface area contributed by atoms with Gasteiger partial charge in [0.15, 0.2) is 0 Å². The Morgan fingerprint density at radius 2 is 0.971 bits per heavy atom. The molecule has 0 aromatic carbocycles. The smallest absolute Gasteiger partial charge is 0.460 e. The fourth-order valence-corrected chi connectivity index (χ4v) is 2.04. The highest BCUT2D eigenvalue weighted by Crippen LogP contribution is 2.62.